The van der Waals surface area contributed by atoms with Gasteiger partial charge in [0.05, 0.1) is 12.1 Å². The van der Waals surface area contributed by atoms with Crippen LogP contribution in [0.15, 0.2) is 66.7 Å². The van der Waals surface area contributed by atoms with Gasteiger partial charge in [-0.15, -0.1) is 10.2 Å². The topological polar surface area (TPSA) is 105 Å². The molecule has 1 aromatic heterocycles. The van der Waals surface area contributed by atoms with Gasteiger partial charge in [-0.1, -0.05) is 61.0 Å². The van der Waals surface area contributed by atoms with Crippen molar-refractivity contribution in [2.24, 2.45) is 0 Å². The van der Waals surface area contributed by atoms with E-state index in [0.717, 1.165) is 29.2 Å². The maximum Gasteiger partial charge on any atom is 0.243 e. The van der Waals surface area contributed by atoms with Crippen LogP contribution in [-0.2, 0) is 37.1 Å². The fraction of sp³-hybridized carbons (Fsp3) is 0.333. The van der Waals surface area contributed by atoms with Gasteiger partial charge in [-0.3, -0.25) is 4.79 Å². The fourth-order valence-corrected chi connectivity index (χ4v) is 4.42. The molecule has 0 unspecified atom stereocenters. The first-order chi connectivity index (χ1) is 19.3. The lowest BCUT2D eigenvalue weighted by Crippen LogP contribution is -2.49. The van der Waals surface area contributed by atoms with Crippen molar-refractivity contribution in [1.82, 2.24) is 30.8 Å². The van der Waals surface area contributed by atoms with E-state index in [1.54, 1.807) is 0 Å². The molecule has 3 aromatic carbocycles. The molecule has 1 amide bonds. The Morgan fingerprint density at radius 3 is 2.42 bits per heavy atom. The summed E-state index contributed by atoms with van der Waals surface area (Å²) in [7, 11) is 0. The molecule has 0 saturated carbocycles. The Morgan fingerprint density at radius 2 is 1.70 bits per heavy atom. The van der Waals surface area contributed by atoms with Gasteiger partial charge in [-0.2, -0.15) is 4.80 Å². The van der Waals surface area contributed by atoms with Gasteiger partial charge in [-0.25, -0.2) is 8.78 Å². The minimum absolute atomic E-state index is 0.0258. The lowest BCUT2D eigenvalue weighted by molar-refractivity contribution is -0.123. The number of rotatable bonds is 13. The average molecular weight is 549 g/mol. The number of aryl methyl sites for hydroxylation is 2. The van der Waals surface area contributed by atoms with Crippen molar-refractivity contribution in [3.63, 3.8) is 0 Å². The molecule has 4 aromatic rings. The first-order valence-electron chi connectivity index (χ1n) is 13.3. The van der Waals surface area contributed by atoms with E-state index in [-0.39, 0.29) is 19.5 Å². The molecule has 8 nitrogen and oxygen atoms in total. The Hall–Kier alpha value is -4.02. The maximum absolute atomic E-state index is 13.8. The number of aliphatic hydroxyl groups excluding tert-OH is 1. The summed E-state index contributed by atoms with van der Waals surface area (Å²) in [5.41, 5.74) is 4.77. The molecular formula is C30H34F2N6O2. The maximum atomic E-state index is 13.8. The van der Waals surface area contributed by atoms with E-state index >= 15 is 0 Å². The highest BCUT2D eigenvalue weighted by atomic mass is 19.1. The SMILES string of the molecule is CCc1cccc(CNC[C@@H](O)[C@H](Cc2cc(F)cc(F)c2)NC(=O)Cn2nnc(Cc3ccc(C)cc3)n2)c1. The molecular weight excluding hydrogens is 514 g/mol. The monoisotopic (exact) mass is 548 g/mol. The summed E-state index contributed by atoms with van der Waals surface area (Å²) >= 11 is 0. The van der Waals surface area contributed by atoms with Gasteiger partial charge in [0, 0.05) is 25.6 Å². The summed E-state index contributed by atoms with van der Waals surface area (Å²) in [6.45, 7) is 4.54. The molecule has 0 aliphatic heterocycles. The number of hydrogen-bond acceptors (Lipinski definition) is 6. The number of tetrazole rings is 1. The highest BCUT2D eigenvalue weighted by Crippen LogP contribution is 2.13. The Kier molecular flexibility index (Phi) is 10.0. The number of amides is 1. The summed E-state index contributed by atoms with van der Waals surface area (Å²) in [6.07, 6.45) is 0.382. The molecule has 210 valence electrons. The molecule has 10 heteroatoms. The highest BCUT2D eigenvalue weighted by Gasteiger charge is 2.23. The van der Waals surface area contributed by atoms with Gasteiger partial charge in [-0.05, 0) is 59.4 Å². The van der Waals surface area contributed by atoms with Crippen LogP contribution in [0.5, 0.6) is 0 Å². The Morgan fingerprint density at radius 1 is 0.975 bits per heavy atom. The predicted octanol–water partition coefficient (Wildman–Crippen LogP) is 3.29. The van der Waals surface area contributed by atoms with Gasteiger partial charge in [0.15, 0.2) is 5.82 Å². The normalized spacial score (nSPS) is 12.7. The minimum Gasteiger partial charge on any atom is -0.390 e. The smallest absolute Gasteiger partial charge is 0.243 e. The molecule has 4 rings (SSSR count). The third-order valence-corrected chi connectivity index (χ3v) is 6.53. The molecule has 40 heavy (non-hydrogen) atoms. The predicted molar refractivity (Wildman–Crippen MR) is 147 cm³/mol. The van der Waals surface area contributed by atoms with Crippen LogP contribution < -0.4 is 10.6 Å². The van der Waals surface area contributed by atoms with E-state index in [1.807, 2.05) is 43.3 Å². The van der Waals surface area contributed by atoms with Gasteiger partial charge in [0.2, 0.25) is 5.91 Å². The highest BCUT2D eigenvalue weighted by molar-refractivity contribution is 5.76. The van der Waals surface area contributed by atoms with Crippen LogP contribution in [0.4, 0.5) is 8.78 Å². The van der Waals surface area contributed by atoms with Crippen molar-refractivity contribution in [1.29, 1.82) is 0 Å². The van der Waals surface area contributed by atoms with E-state index in [9.17, 15) is 18.7 Å². The summed E-state index contributed by atoms with van der Waals surface area (Å²) in [5, 5.41) is 29.2. The van der Waals surface area contributed by atoms with Crippen LogP contribution in [0, 0.1) is 18.6 Å². The molecule has 0 saturated heterocycles. The molecule has 1 heterocycles. The van der Waals surface area contributed by atoms with Crippen LogP contribution in [0.3, 0.4) is 0 Å². The standard InChI is InChI=1S/C30H34F2N6O2/c1-3-21-5-4-6-23(11-21)17-33-18-28(39)27(14-24-12-25(31)16-26(32)13-24)34-30(40)19-38-36-29(35-37-38)15-22-9-7-20(2)8-10-22/h4-13,16,27-28,33,39H,3,14-15,17-19H2,1-2H3,(H,34,40)/t27-,28+/m0/s1. The number of aromatic nitrogens is 4. The number of halogens is 2. The second-order valence-corrected chi connectivity index (χ2v) is 9.93. The zero-order valence-electron chi connectivity index (χ0n) is 22.6. The van der Waals surface area contributed by atoms with Gasteiger partial charge >= 0.3 is 0 Å². The number of nitrogens with one attached hydrogen (secondary N) is 2. The molecule has 0 aliphatic rings. The minimum atomic E-state index is -1.04. The summed E-state index contributed by atoms with van der Waals surface area (Å²) in [5.74, 6) is -1.44. The van der Waals surface area contributed by atoms with E-state index in [0.29, 0.717) is 24.4 Å². The summed E-state index contributed by atoms with van der Waals surface area (Å²) in [4.78, 5) is 14.1. The van der Waals surface area contributed by atoms with Crippen molar-refractivity contribution >= 4 is 5.91 Å². The number of carbonyl (C=O) groups is 1. The van der Waals surface area contributed by atoms with Crippen LogP contribution >= 0.6 is 0 Å². The third-order valence-electron chi connectivity index (χ3n) is 6.53. The van der Waals surface area contributed by atoms with Crippen molar-refractivity contribution in [2.75, 3.05) is 6.54 Å². The third kappa shape index (κ3) is 8.75. The first-order valence-corrected chi connectivity index (χ1v) is 13.3. The summed E-state index contributed by atoms with van der Waals surface area (Å²) < 4.78 is 27.7. The number of carbonyl (C=O) groups excluding carboxylic acids is 1. The van der Waals surface area contributed by atoms with Crippen LogP contribution in [-0.4, -0.2) is 49.9 Å². The molecule has 0 fully saturated rings. The number of benzene rings is 3. The zero-order chi connectivity index (χ0) is 28.5. The Labute approximate surface area is 232 Å². The largest absolute Gasteiger partial charge is 0.390 e. The zero-order valence-corrected chi connectivity index (χ0v) is 22.6. The Balaban J connectivity index is 1.38. The number of aliphatic hydroxyl groups is 1. The van der Waals surface area contributed by atoms with E-state index in [4.69, 9.17) is 0 Å². The second kappa shape index (κ2) is 13.9. The van der Waals surface area contributed by atoms with Gasteiger partial charge in [0.1, 0.15) is 18.2 Å². The van der Waals surface area contributed by atoms with Crippen molar-refractivity contribution < 1.29 is 18.7 Å². The lowest BCUT2D eigenvalue weighted by atomic mass is 10.0. The van der Waals surface area contributed by atoms with Crippen LogP contribution in [0.25, 0.3) is 0 Å². The van der Waals surface area contributed by atoms with Crippen molar-refractivity contribution in [2.45, 2.75) is 58.3 Å². The quantitative estimate of drug-likeness (QED) is 0.237. The van der Waals surface area contributed by atoms with Crippen molar-refractivity contribution in [3.8, 4) is 0 Å². The van der Waals surface area contributed by atoms with E-state index < -0.39 is 29.7 Å². The molecule has 2 atom stereocenters. The molecule has 3 N–H and O–H groups in total. The van der Waals surface area contributed by atoms with E-state index in [2.05, 4.69) is 45.1 Å². The molecule has 0 spiro atoms. The second-order valence-electron chi connectivity index (χ2n) is 9.93. The molecule has 0 aliphatic carbocycles. The van der Waals surface area contributed by atoms with Gasteiger partial charge in [0.25, 0.3) is 0 Å². The Bertz CT molecular complexity index is 1390. The molecule has 0 radical (unpaired) electrons. The first kappa shape index (κ1) is 29.0. The van der Waals surface area contributed by atoms with Crippen LogP contribution in [0.1, 0.15) is 40.6 Å². The molecule has 0 bridgehead atoms. The number of hydrogen-bond donors (Lipinski definition) is 3. The summed E-state index contributed by atoms with van der Waals surface area (Å²) in [6, 6.07) is 18.4. The average Bonchev–Trinajstić information content (AvgIpc) is 3.35. The van der Waals surface area contributed by atoms with Crippen LogP contribution in [0.2, 0.25) is 0 Å². The fourth-order valence-electron chi connectivity index (χ4n) is 4.42. The number of nitrogens with zero attached hydrogens (tertiary/aromatic N) is 4. The van der Waals surface area contributed by atoms with E-state index in [1.165, 1.54) is 22.5 Å². The lowest BCUT2D eigenvalue weighted by Gasteiger charge is -2.25. The van der Waals surface area contributed by atoms with Crippen molar-refractivity contribution in [3.05, 3.63) is 112 Å². The van der Waals surface area contributed by atoms with Gasteiger partial charge < -0.3 is 15.7 Å².